The third-order valence-corrected chi connectivity index (χ3v) is 2.95. The van der Waals surface area contributed by atoms with Crippen LogP contribution in [0.15, 0.2) is 18.2 Å². The van der Waals surface area contributed by atoms with Crippen molar-refractivity contribution < 1.29 is 19.3 Å². The number of ether oxygens (including phenoxy) is 3. The molecule has 1 N–H and O–H groups in total. The number of fused-ring (bicyclic) bond motifs is 1. The van der Waals surface area contributed by atoms with Crippen molar-refractivity contribution >= 4 is 0 Å². The Morgan fingerprint density at radius 3 is 2.94 bits per heavy atom. The Kier molecular flexibility index (Phi) is 4.84. The molecule has 0 saturated carbocycles. The number of hydrogen-bond donors (Lipinski definition) is 1. The molecule has 1 heterocycles. The van der Waals surface area contributed by atoms with Crippen LogP contribution in [0.1, 0.15) is 37.9 Å². The van der Waals surface area contributed by atoms with Gasteiger partial charge in [-0.15, -0.1) is 0 Å². The summed E-state index contributed by atoms with van der Waals surface area (Å²) in [5.41, 5.74) is 0.801. The van der Waals surface area contributed by atoms with E-state index in [1.165, 1.54) is 12.8 Å². The molecule has 1 aliphatic rings. The Hall–Kier alpha value is -1.26. The number of hydrogen-bond acceptors (Lipinski definition) is 4. The third-order valence-electron chi connectivity index (χ3n) is 2.95. The second-order valence-corrected chi connectivity index (χ2v) is 4.41. The molecule has 1 aromatic carbocycles. The van der Waals surface area contributed by atoms with Gasteiger partial charge >= 0.3 is 0 Å². The van der Waals surface area contributed by atoms with Crippen LogP contribution in [0.5, 0.6) is 11.5 Å². The van der Waals surface area contributed by atoms with Gasteiger partial charge in [0.05, 0.1) is 6.61 Å². The maximum absolute atomic E-state index is 9.99. The van der Waals surface area contributed by atoms with Crippen LogP contribution in [0.4, 0.5) is 0 Å². The van der Waals surface area contributed by atoms with Crippen LogP contribution >= 0.6 is 0 Å². The summed E-state index contributed by atoms with van der Waals surface area (Å²) in [6.07, 6.45) is 2.78. The van der Waals surface area contributed by atoms with Gasteiger partial charge in [-0.3, -0.25) is 0 Å². The van der Waals surface area contributed by atoms with Gasteiger partial charge in [0.1, 0.15) is 6.10 Å². The zero-order valence-corrected chi connectivity index (χ0v) is 10.7. The molecule has 0 amide bonds. The molecule has 4 heteroatoms. The van der Waals surface area contributed by atoms with Gasteiger partial charge in [-0.1, -0.05) is 25.8 Å². The van der Waals surface area contributed by atoms with E-state index in [-0.39, 0.29) is 6.79 Å². The highest BCUT2D eigenvalue weighted by atomic mass is 16.7. The average molecular weight is 252 g/mol. The smallest absolute Gasteiger partial charge is 0.231 e. The monoisotopic (exact) mass is 252 g/mol. The second-order valence-electron chi connectivity index (χ2n) is 4.41. The van der Waals surface area contributed by atoms with Crippen molar-refractivity contribution in [1.82, 2.24) is 0 Å². The standard InChI is InChI=1S/C14H20O4/c1-2-3-4-7-16-9-12(15)11-5-6-13-14(8-11)18-10-17-13/h5-6,8,12,15H,2-4,7,9-10H2,1H3. The molecule has 2 rings (SSSR count). The zero-order valence-electron chi connectivity index (χ0n) is 10.7. The summed E-state index contributed by atoms with van der Waals surface area (Å²) in [4.78, 5) is 0. The predicted molar refractivity (Wildman–Crippen MR) is 67.9 cm³/mol. The summed E-state index contributed by atoms with van der Waals surface area (Å²) in [6, 6.07) is 5.47. The van der Waals surface area contributed by atoms with Gasteiger partial charge in [0.2, 0.25) is 6.79 Å². The van der Waals surface area contributed by atoms with E-state index in [2.05, 4.69) is 6.92 Å². The van der Waals surface area contributed by atoms with Crippen LogP contribution in [0, 0.1) is 0 Å². The molecule has 0 fully saturated rings. The molecule has 0 saturated heterocycles. The van der Waals surface area contributed by atoms with E-state index in [0.717, 1.165) is 17.7 Å². The largest absolute Gasteiger partial charge is 0.454 e. The Morgan fingerprint density at radius 2 is 2.11 bits per heavy atom. The Bertz CT molecular complexity index is 378. The molecule has 0 aromatic heterocycles. The minimum absolute atomic E-state index is 0.252. The van der Waals surface area contributed by atoms with Crippen molar-refractivity contribution in [3.63, 3.8) is 0 Å². The lowest BCUT2D eigenvalue weighted by Crippen LogP contribution is -2.08. The molecular formula is C14H20O4. The quantitative estimate of drug-likeness (QED) is 0.758. The summed E-state index contributed by atoms with van der Waals surface area (Å²) in [5, 5.41) is 9.99. The number of aliphatic hydroxyl groups is 1. The normalized spacial score (nSPS) is 14.8. The van der Waals surface area contributed by atoms with Gasteiger partial charge < -0.3 is 19.3 Å². The fraction of sp³-hybridized carbons (Fsp3) is 0.571. The van der Waals surface area contributed by atoms with Crippen molar-refractivity contribution in [2.24, 2.45) is 0 Å². The third kappa shape index (κ3) is 3.37. The lowest BCUT2D eigenvalue weighted by atomic mass is 10.1. The van der Waals surface area contributed by atoms with E-state index < -0.39 is 6.10 Å². The fourth-order valence-corrected chi connectivity index (χ4v) is 1.87. The van der Waals surface area contributed by atoms with Crippen LogP contribution < -0.4 is 9.47 Å². The lowest BCUT2D eigenvalue weighted by Gasteiger charge is -2.12. The number of unbranched alkanes of at least 4 members (excludes halogenated alkanes) is 2. The van der Waals surface area contributed by atoms with E-state index in [0.29, 0.717) is 19.0 Å². The highest BCUT2D eigenvalue weighted by molar-refractivity contribution is 5.45. The molecule has 4 nitrogen and oxygen atoms in total. The van der Waals surface area contributed by atoms with Crippen LogP contribution in [-0.4, -0.2) is 25.1 Å². The van der Waals surface area contributed by atoms with Gasteiger partial charge in [-0.2, -0.15) is 0 Å². The molecule has 1 aromatic rings. The maximum atomic E-state index is 9.99. The van der Waals surface area contributed by atoms with Gasteiger partial charge in [0.15, 0.2) is 11.5 Å². The molecule has 1 aliphatic heterocycles. The number of benzene rings is 1. The first-order valence-electron chi connectivity index (χ1n) is 6.46. The first kappa shape index (κ1) is 13.2. The molecule has 18 heavy (non-hydrogen) atoms. The molecular weight excluding hydrogens is 232 g/mol. The highest BCUT2D eigenvalue weighted by Gasteiger charge is 2.16. The van der Waals surface area contributed by atoms with E-state index in [9.17, 15) is 5.11 Å². The van der Waals surface area contributed by atoms with Crippen molar-refractivity contribution in [2.75, 3.05) is 20.0 Å². The van der Waals surface area contributed by atoms with Crippen LogP contribution in [0.25, 0.3) is 0 Å². The number of aliphatic hydroxyl groups excluding tert-OH is 1. The lowest BCUT2D eigenvalue weighted by molar-refractivity contribution is 0.0345. The van der Waals surface area contributed by atoms with E-state index in [4.69, 9.17) is 14.2 Å². The Labute approximate surface area is 107 Å². The molecule has 1 unspecified atom stereocenters. The van der Waals surface area contributed by atoms with E-state index in [1.807, 2.05) is 18.2 Å². The van der Waals surface area contributed by atoms with Gasteiger partial charge in [-0.25, -0.2) is 0 Å². The molecule has 0 spiro atoms. The van der Waals surface area contributed by atoms with Crippen LogP contribution in [0.2, 0.25) is 0 Å². The number of rotatable bonds is 7. The van der Waals surface area contributed by atoms with Crippen LogP contribution in [-0.2, 0) is 4.74 Å². The second kappa shape index (κ2) is 6.61. The molecule has 0 bridgehead atoms. The summed E-state index contributed by atoms with van der Waals surface area (Å²) in [5.74, 6) is 1.42. The van der Waals surface area contributed by atoms with Gasteiger partial charge in [0, 0.05) is 6.61 Å². The predicted octanol–water partition coefficient (Wildman–Crippen LogP) is 2.66. The van der Waals surface area contributed by atoms with Crippen molar-refractivity contribution in [3.05, 3.63) is 23.8 Å². The molecule has 100 valence electrons. The summed E-state index contributed by atoms with van der Waals surface area (Å²) in [6.45, 7) is 3.43. The van der Waals surface area contributed by atoms with E-state index >= 15 is 0 Å². The van der Waals surface area contributed by atoms with Crippen molar-refractivity contribution in [1.29, 1.82) is 0 Å². The maximum Gasteiger partial charge on any atom is 0.231 e. The van der Waals surface area contributed by atoms with Crippen LogP contribution in [0.3, 0.4) is 0 Å². The Morgan fingerprint density at radius 1 is 1.28 bits per heavy atom. The van der Waals surface area contributed by atoms with Crippen molar-refractivity contribution in [3.8, 4) is 11.5 Å². The zero-order chi connectivity index (χ0) is 12.8. The minimum atomic E-state index is -0.610. The van der Waals surface area contributed by atoms with E-state index in [1.54, 1.807) is 0 Å². The molecule has 0 aliphatic carbocycles. The Balaban J connectivity index is 1.80. The fourth-order valence-electron chi connectivity index (χ4n) is 1.87. The summed E-state index contributed by atoms with van der Waals surface area (Å²) >= 11 is 0. The molecule has 1 atom stereocenters. The summed E-state index contributed by atoms with van der Waals surface area (Å²) < 4.78 is 15.9. The first-order chi connectivity index (χ1) is 8.81. The topological polar surface area (TPSA) is 47.9 Å². The van der Waals surface area contributed by atoms with Crippen molar-refractivity contribution in [2.45, 2.75) is 32.3 Å². The SMILES string of the molecule is CCCCCOCC(O)c1ccc2c(c1)OCO2. The highest BCUT2D eigenvalue weighted by Crippen LogP contribution is 2.34. The first-order valence-corrected chi connectivity index (χ1v) is 6.46. The minimum Gasteiger partial charge on any atom is -0.454 e. The average Bonchev–Trinajstić information content (AvgIpc) is 2.85. The summed E-state index contributed by atoms with van der Waals surface area (Å²) in [7, 11) is 0. The van der Waals surface area contributed by atoms with Gasteiger partial charge in [0.25, 0.3) is 0 Å². The van der Waals surface area contributed by atoms with Gasteiger partial charge in [-0.05, 0) is 24.1 Å². The molecule has 0 radical (unpaired) electrons.